The highest BCUT2D eigenvalue weighted by molar-refractivity contribution is 5.71. The smallest absolute Gasteiger partial charge is 0.306 e. The summed E-state index contributed by atoms with van der Waals surface area (Å²) in [7, 11) is 1.81. The van der Waals surface area contributed by atoms with Crippen molar-refractivity contribution in [2.75, 3.05) is 11.9 Å². The molecule has 2 N–H and O–H groups in total. The van der Waals surface area contributed by atoms with Crippen LogP contribution in [0.2, 0.25) is 0 Å². The van der Waals surface area contributed by atoms with Crippen LogP contribution in [0.25, 0.3) is 22.8 Å². The highest BCUT2D eigenvalue weighted by Gasteiger charge is 2.37. The summed E-state index contributed by atoms with van der Waals surface area (Å²) in [5.74, 6) is 0.172. The van der Waals surface area contributed by atoms with E-state index in [1.54, 1.807) is 17.1 Å². The molecule has 1 fully saturated rings. The summed E-state index contributed by atoms with van der Waals surface area (Å²) in [6.07, 6.45) is 4.90. The van der Waals surface area contributed by atoms with Crippen molar-refractivity contribution in [3.8, 4) is 28.6 Å². The van der Waals surface area contributed by atoms with Gasteiger partial charge in [-0.25, -0.2) is 14.6 Å². The van der Waals surface area contributed by atoms with Crippen LogP contribution in [0.1, 0.15) is 24.2 Å². The van der Waals surface area contributed by atoms with Crippen molar-refractivity contribution in [1.82, 2.24) is 29.9 Å². The minimum absolute atomic E-state index is 0.0395. The fourth-order valence-corrected chi connectivity index (χ4v) is 4.04. The Hall–Kier alpha value is -4.28. The van der Waals surface area contributed by atoms with E-state index < -0.39 is 5.97 Å². The van der Waals surface area contributed by atoms with E-state index >= 15 is 0 Å². The molecule has 11 nitrogen and oxygen atoms in total. The molecule has 0 aliphatic heterocycles. The lowest BCUT2D eigenvalue weighted by molar-refractivity contribution is -0.148. The highest BCUT2D eigenvalue weighted by Crippen LogP contribution is 2.35. The molecule has 0 unspecified atom stereocenters. The summed E-state index contributed by atoms with van der Waals surface area (Å²) >= 11 is 0. The zero-order valence-corrected chi connectivity index (χ0v) is 19.4. The van der Waals surface area contributed by atoms with Crippen LogP contribution in [0.3, 0.4) is 0 Å². The summed E-state index contributed by atoms with van der Waals surface area (Å²) < 4.78 is 13.3. The van der Waals surface area contributed by atoms with E-state index in [4.69, 9.17) is 9.15 Å². The molecule has 4 aromatic rings. The number of anilines is 1. The molecule has 0 bridgehead atoms. The first-order chi connectivity index (χ1) is 17.0. The number of carbonyl (C=O) groups is 1. The SMILES string of the molecule is Cc1nc(-c2nnn(C)c2CNc2ncc(-c3ccccn3)o2)ccc1OC[C@@H]1CC[C@H]1C(=O)O. The Balaban J connectivity index is 1.26. The van der Waals surface area contributed by atoms with E-state index in [-0.39, 0.29) is 11.8 Å². The molecular formula is C24H25N7O4. The van der Waals surface area contributed by atoms with Gasteiger partial charge in [0.05, 0.1) is 42.3 Å². The lowest BCUT2D eigenvalue weighted by Gasteiger charge is -2.33. The molecule has 0 spiro atoms. The van der Waals surface area contributed by atoms with E-state index in [0.717, 1.165) is 12.1 Å². The average Bonchev–Trinajstić information content (AvgIpc) is 3.45. The first-order valence-corrected chi connectivity index (χ1v) is 11.3. The number of aromatic nitrogens is 6. The fraction of sp³-hybridized carbons (Fsp3) is 0.333. The summed E-state index contributed by atoms with van der Waals surface area (Å²) in [4.78, 5) is 24.4. The first kappa shape index (κ1) is 22.5. The largest absolute Gasteiger partial charge is 0.491 e. The second-order valence-electron chi connectivity index (χ2n) is 8.48. The third kappa shape index (κ3) is 4.70. The van der Waals surface area contributed by atoms with E-state index in [1.165, 1.54) is 0 Å². The molecule has 35 heavy (non-hydrogen) atoms. The molecule has 11 heteroatoms. The molecule has 0 saturated heterocycles. The number of nitrogens with one attached hydrogen (secondary N) is 1. The average molecular weight is 476 g/mol. The normalized spacial score (nSPS) is 17.1. The first-order valence-electron chi connectivity index (χ1n) is 11.3. The number of oxazole rings is 1. The number of carboxylic acids is 1. The van der Waals surface area contributed by atoms with E-state index in [9.17, 15) is 9.90 Å². The predicted molar refractivity (Wildman–Crippen MR) is 125 cm³/mol. The number of nitrogens with zero attached hydrogens (tertiary/aromatic N) is 6. The van der Waals surface area contributed by atoms with Crippen molar-refractivity contribution in [1.29, 1.82) is 0 Å². The van der Waals surface area contributed by atoms with Crippen molar-refractivity contribution < 1.29 is 19.1 Å². The number of pyridine rings is 2. The van der Waals surface area contributed by atoms with Crippen LogP contribution in [-0.4, -0.2) is 47.6 Å². The van der Waals surface area contributed by atoms with Crippen LogP contribution >= 0.6 is 0 Å². The molecular weight excluding hydrogens is 450 g/mol. The Labute approximate surface area is 201 Å². The lowest BCUT2D eigenvalue weighted by Crippen LogP contribution is -2.36. The fourth-order valence-electron chi connectivity index (χ4n) is 4.04. The van der Waals surface area contributed by atoms with Crippen molar-refractivity contribution in [3.05, 3.63) is 54.1 Å². The highest BCUT2D eigenvalue weighted by atomic mass is 16.5. The maximum Gasteiger partial charge on any atom is 0.306 e. The summed E-state index contributed by atoms with van der Waals surface area (Å²) in [5.41, 5.74) is 3.51. The zero-order valence-electron chi connectivity index (χ0n) is 19.4. The van der Waals surface area contributed by atoms with E-state index in [2.05, 4.69) is 30.6 Å². The monoisotopic (exact) mass is 475 g/mol. The molecule has 4 heterocycles. The van der Waals surface area contributed by atoms with Crippen LogP contribution in [0.5, 0.6) is 5.75 Å². The van der Waals surface area contributed by atoms with E-state index in [0.29, 0.717) is 59.9 Å². The third-order valence-electron chi connectivity index (χ3n) is 6.24. The molecule has 1 aliphatic rings. The van der Waals surface area contributed by atoms with Crippen molar-refractivity contribution in [2.45, 2.75) is 26.3 Å². The van der Waals surface area contributed by atoms with Gasteiger partial charge in [-0.15, -0.1) is 5.10 Å². The minimum atomic E-state index is -0.753. The second-order valence-corrected chi connectivity index (χ2v) is 8.48. The van der Waals surface area contributed by atoms with E-state index in [1.807, 2.05) is 44.3 Å². The Morgan fingerprint density at radius 2 is 2.11 bits per heavy atom. The number of aryl methyl sites for hydroxylation is 2. The van der Waals surface area contributed by atoms with Gasteiger partial charge >= 0.3 is 5.97 Å². The van der Waals surface area contributed by atoms with Gasteiger partial charge < -0.3 is 19.6 Å². The summed E-state index contributed by atoms with van der Waals surface area (Å²) in [5, 5.41) is 20.8. The number of hydrogen-bond donors (Lipinski definition) is 2. The Morgan fingerprint density at radius 3 is 2.83 bits per heavy atom. The Bertz CT molecular complexity index is 1330. The van der Waals surface area contributed by atoms with Gasteiger partial charge in [-0.1, -0.05) is 11.3 Å². The van der Waals surface area contributed by atoms with Gasteiger partial charge in [0.25, 0.3) is 6.01 Å². The zero-order chi connectivity index (χ0) is 24.4. The van der Waals surface area contributed by atoms with Crippen molar-refractivity contribution in [3.63, 3.8) is 0 Å². The van der Waals surface area contributed by atoms with Gasteiger partial charge in [-0.2, -0.15) is 0 Å². The van der Waals surface area contributed by atoms with Crippen LogP contribution in [0.15, 0.2) is 47.1 Å². The van der Waals surface area contributed by atoms with Crippen LogP contribution < -0.4 is 10.1 Å². The molecule has 5 rings (SSSR count). The van der Waals surface area contributed by atoms with Crippen molar-refractivity contribution in [2.24, 2.45) is 18.9 Å². The molecule has 1 saturated carbocycles. The number of hydrogen-bond acceptors (Lipinski definition) is 9. The second kappa shape index (κ2) is 9.53. The van der Waals surface area contributed by atoms with Crippen molar-refractivity contribution >= 4 is 12.0 Å². The van der Waals surface area contributed by atoms with Gasteiger partial charge in [-0.3, -0.25) is 9.78 Å². The number of rotatable bonds is 9. The summed E-state index contributed by atoms with van der Waals surface area (Å²) in [6.45, 7) is 2.60. The van der Waals surface area contributed by atoms with Crippen LogP contribution in [0.4, 0.5) is 6.01 Å². The van der Waals surface area contributed by atoms with Gasteiger partial charge in [0.1, 0.15) is 17.1 Å². The molecule has 0 amide bonds. The quantitative estimate of drug-likeness (QED) is 0.370. The molecule has 0 aromatic carbocycles. The lowest BCUT2D eigenvalue weighted by atomic mass is 9.74. The summed E-state index contributed by atoms with van der Waals surface area (Å²) in [6, 6.07) is 9.61. The van der Waals surface area contributed by atoms with Gasteiger partial charge in [0.15, 0.2) is 5.76 Å². The number of ether oxygens (including phenoxy) is 1. The standard InChI is InChI=1S/C24H25N7O4/c1-14-20(34-13-15-6-7-16(15)23(32)33)9-8-18(28-14)22-19(31(2)30-29-22)11-26-24-27-12-21(35-24)17-5-3-4-10-25-17/h3-5,8-10,12,15-16H,6-7,11,13H2,1-2H3,(H,26,27)(H,32,33)/t15-,16+/m0/s1. The number of aliphatic carboxylic acids is 1. The molecule has 1 aliphatic carbocycles. The number of carboxylic acid groups (broad SMARTS) is 1. The topological polar surface area (TPSA) is 141 Å². The van der Waals surface area contributed by atoms with Crippen LogP contribution in [-0.2, 0) is 18.4 Å². The predicted octanol–water partition coefficient (Wildman–Crippen LogP) is 3.34. The Kier molecular flexibility index (Phi) is 6.13. The van der Waals surface area contributed by atoms with Gasteiger partial charge in [0, 0.05) is 19.2 Å². The molecule has 2 atom stereocenters. The van der Waals surface area contributed by atoms with Gasteiger partial charge in [-0.05, 0) is 44.0 Å². The third-order valence-corrected chi connectivity index (χ3v) is 6.24. The van der Waals surface area contributed by atoms with Crippen LogP contribution in [0, 0.1) is 18.8 Å². The maximum absolute atomic E-state index is 11.2. The molecule has 180 valence electrons. The maximum atomic E-state index is 11.2. The molecule has 0 radical (unpaired) electrons. The van der Waals surface area contributed by atoms with Gasteiger partial charge in [0.2, 0.25) is 0 Å². The minimum Gasteiger partial charge on any atom is -0.491 e. The molecule has 4 aromatic heterocycles. The Morgan fingerprint density at radius 1 is 1.23 bits per heavy atom.